The average molecular weight is 477 g/mol. The van der Waals surface area contributed by atoms with E-state index in [1.165, 1.54) is 22.1 Å². The standard InChI is InChI=1S/C27H32N2O2SSi/c1-27(2,3)33(19-11-7-5-8-12-19,20-13-9-6-10-14-20)31-18-15-21-22(16-18)25(21)23-17-24(30)29-26(28-23)32-4/h5-14,17-18,21-22,25H,15-16H2,1-4H3,(H,28,29,30)/t18?,21-,22+,25?. The van der Waals surface area contributed by atoms with E-state index in [4.69, 9.17) is 9.41 Å². The van der Waals surface area contributed by atoms with Gasteiger partial charge < -0.3 is 9.53 Å². The van der Waals surface area contributed by atoms with Crippen molar-refractivity contribution in [2.75, 3.05) is 6.26 Å². The predicted octanol–water partition coefficient (Wildman–Crippen LogP) is 4.97. The fourth-order valence-electron chi connectivity index (χ4n) is 5.96. The molecule has 0 spiro atoms. The molecule has 0 aliphatic heterocycles. The van der Waals surface area contributed by atoms with Crippen LogP contribution in [0.1, 0.15) is 45.2 Å². The van der Waals surface area contributed by atoms with Gasteiger partial charge in [-0.25, -0.2) is 4.98 Å². The first-order valence-electron chi connectivity index (χ1n) is 11.7. The zero-order valence-corrected chi connectivity index (χ0v) is 21.5. The van der Waals surface area contributed by atoms with Crippen molar-refractivity contribution in [1.82, 2.24) is 9.97 Å². The zero-order chi connectivity index (χ0) is 23.2. The first-order chi connectivity index (χ1) is 15.8. The number of thioether (sulfide) groups is 1. The van der Waals surface area contributed by atoms with E-state index in [1.807, 2.05) is 6.26 Å². The normalized spacial score (nSPS) is 24.5. The number of aromatic nitrogens is 2. The summed E-state index contributed by atoms with van der Waals surface area (Å²) >= 11 is 1.48. The highest BCUT2D eigenvalue weighted by molar-refractivity contribution is 7.98. The van der Waals surface area contributed by atoms with Crippen molar-refractivity contribution in [2.24, 2.45) is 11.8 Å². The molecule has 2 aliphatic rings. The van der Waals surface area contributed by atoms with E-state index < -0.39 is 8.32 Å². The Morgan fingerprint density at radius 1 is 0.909 bits per heavy atom. The van der Waals surface area contributed by atoms with Crippen LogP contribution in [0.3, 0.4) is 0 Å². The number of hydrogen-bond acceptors (Lipinski definition) is 5. The molecule has 33 heavy (non-hydrogen) atoms. The van der Waals surface area contributed by atoms with Gasteiger partial charge >= 0.3 is 0 Å². The summed E-state index contributed by atoms with van der Waals surface area (Å²) < 4.78 is 7.34. The van der Waals surface area contributed by atoms with Crippen LogP contribution >= 0.6 is 11.8 Å². The molecule has 2 saturated carbocycles. The van der Waals surface area contributed by atoms with Gasteiger partial charge in [0.25, 0.3) is 8.32 Å². The van der Waals surface area contributed by atoms with E-state index in [-0.39, 0.29) is 17.0 Å². The average Bonchev–Trinajstić information content (AvgIpc) is 3.32. The summed E-state index contributed by atoms with van der Waals surface area (Å²) in [5.74, 6) is 1.66. The fraction of sp³-hybridized carbons (Fsp3) is 0.407. The van der Waals surface area contributed by atoms with Crippen molar-refractivity contribution in [3.05, 3.63) is 72.4 Å². The molecule has 4 nitrogen and oxygen atoms in total. The second-order valence-electron chi connectivity index (χ2n) is 10.4. The maximum atomic E-state index is 10.0. The Bertz CT molecular complexity index is 1070. The number of rotatable bonds is 6. The van der Waals surface area contributed by atoms with E-state index in [0.717, 1.165) is 18.5 Å². The molecular formula is C27H32N2O2SSi. The second-order valence-corrected chi connectivity index (χ2v) is 15.4. The van der Waals surface area contributed by atoms with E-state index in [2.05, 4.69) is 86.4 Å². The summed E-state index contributed by atoms with van der Waals surface area (Å²) in [6, 6.07) is 23.5. The van der Waals surface area contributed by atoms with Crippen LogP contribution in [0.4, 0.5) is 0 Å². The molecule has 0 amide bonds. The van der Waals surface area contributed by atoms with E-state index >= 15 is 0 Å². The SMILES string of the molecule is CSc1nc(O)cc(C2[C@H]3CC(O[Si](c4ccccc4)(c4ccccc4)C(C)(C)C)C[C@@H]23)n1. The Morgan fingerprint density at radius 3 is 1.94 bits per heavy atom. The Labute approximate surface area is 202 Å². The van der Waals surface area contributed by atoms with Gasteiger partial charge in [0.15, 0.2) is 5.16 Å². The van der Waals surface area contributed by atoms with Crippen LogP contribution < -0.4 is 10.4 Å². The smallest absolute Gasteiger partial charge is 0.261 e. The van der Waals surface area contributed by atoms with E-state index in [1.54, 1.807) is 6.07 Å². The summed E-state index contributed by atoms with van der Waals surface area (Å²) in [6.45, 7) is 7.02. The topological polar surface area (TPSA) is 55.2 Å². The molecular weight excluding hydrogens is 444 g/mol. The molecule has 172 valence electrons. The Hall–Kier alpha value is -2.15. The monoisotopic (exact) mass is 476 g/mol. The molecule has 5 rings (SSSR count). The lowest BCUT2D eigenvalue weighted by atomic mass is 10.1. The van der Waals surface area contributed by atoms with Crippen LogP contribution in [-0.2, 0) is 4.43 Å². The van der Waals surface area contributed by atoms with Crippen molar-refractivity contribution in [2.45, 2.75) is 55.8 Å². The molecule has 1 N–H and O–H groups in total. The minimum absolute atomic E-state index is 0.00637. The lowest BCUT2D eigenvalue weighted by Gasteiger charge is -2.45. The van der Waals surface area contributed by atoms with Gasteiger partial charge in [0, 0.05) is 18.1 Å². The molecule has 0 saturated heterocycles. The minimum Gasteiger partial charge on any atom is -0.493 e. The zero-order valence-electron chi connectivity index (χ0n) is 19.7. The van der Waals surface area contributed by atoms with Crippen molar-refractivity contribution in [1.29, 1.82) is 0 Å². The van der Waals surface area contributed by atoms with Crippen molar-refractivity contribution >= 4 is 30.5 Å². The molecule has 4 atom stereocenters. The minimum atomic E-state index is -2.52. The lowest BCUT2D eigenvalue weighted by molar-refractivity contribution is 0.177. The van der Waals surface area contributed by atoms with Gasteiger partial charge in [-0.3, -0.25) is 0 Å². The van der Waals surface area contributed by atoms with E-state index in [9.17, 15) is 5.11 Å². The largest absolute Gasteiger partial charge is 0.493 e. The van der Waals surface area contributed by atoms with Gasteiger partial charge in [-0.15, -0.1) is 0 Å². The molecule has 0 bridgehead atoms. The molecule has 3 aromatic rings. The summed E-state index contributed by atoms with van der Waals surface area (Å²) in [7, 11) is -2.52. The highest BCUT2D eigenvalue weighted by Crippen LogP contribution is 2.64. The quantitative estimate of drug-likeness (QED) is 0.309. The van der Waals surface area contributed by atoms with Gasteiger partial charge in [-0.1, -0.05) is 93.2 Å². The number of hydrogen-bond donors (Lipinski definition) is 1. The van der Waals surface area contributed by atoms with Crippen LogP contribution in [0.2, 0.25) is 5.04 Å². The molecule has 2 unspecified atom stereocenters. The summed E-state index contributed by atoms with van der Waals surface area (Å²) in [4.78, 5) is 8.79. The van der Waals surface area contributed by atoms with Crippen molar-refractivity contribution in [3.63, 3.8) is 0 Å². The molecule has 2 fully saturated rings. The Morgan fingerprint density at radius 2 is 1.45 bits per heavy atom. The van der Waals surface area contributed by atoms with Crippen LogP contribution in [-0.4, -0.2) is 35.8 Å². The van der Waals surface area contributed by atoms with Crippen LogP contribution in [0, 0.1) is 11.8 Å². The van der Waals surface area contributed by atoms with Crippen LogP contribution in [0.5, 0.6) is 5.88 Å². The lowest BCUT2D eigenvalue weighted by Crippen LogP contribution is -2.67. The maximum Gasteiger partial charge on any atom is 0.261 e. The first kappa shape index (κ1) is 22.6. The molecule has 0 radical (unpaired) electrons. The van der Waals surface area contributed by atoms with Gasteiger partial charge in [0.2, 0.25) is 5.88 Å². The second kappa shape index (κ2) is 8.57. The Kier molecular flexibility index (Phi) is 5.87. The van der Waals surface area contributed by atoms with Gasteiger partial charge in [0.05, 0.1) is 5.69 Å². The highest BCUT2D eigenvalue weighted by atomic mass is 32.2. The maximum absolute atomic E-state index is 10.0. The third kappa shape index (κ3) is 4.02. The fourth-order valence-corrected chi connectivity index (χ4v) is 11.0. The van der Waals surface area contributed by atoms with E-state index in [0.29, 0.717) is 22.9 Å². The van der Waals surface area contributed by atoms with Crippen molar-refractivity contribution in [3.8, 4) is 5.88 Å². The van der Waals surface area contributed by atoms with Crippen molar-refractivity contribution < 1.29 is 9.53 Å². The summed E-state index contributed by atoms with van der Waals surface area (Å²) in [6.07, 6.45) is 4.30. The Balaban J connectivity index is 1.43. The number of benzene rings is 2. The molecule has 1 heterocycles. The number of fused-ring (bicyclic) bond motifs is 1. The molecule has 2 aromatic carbocycles. The predicted molar refractivity (Wildman–Crippen MR) is 137 cm³/mol. The number of aromatic hydroxyl groups is 1. The highest BCUT2D eigenvalue weighted by Gasteiger charge is 2.60. The molecule has 6 heteroatoms. The first-order valence-corrected chi connectivity index (χ1v) is 14.9. The molecule has 1 aromatic heterocycles. The third-order valence-electron chi connectivity index (χ3n) is 7.40. The van der Waals surface area contributed by atoms with Gasteiger partial charge in [-0.2, -0.15) is 4.98 Å². The summed E-state index contributed by atoms with van der Waals surface area (Å²) in [5, 5.41) is 13.3. The van der Waals surface area contributed by atoms with Crippen LogP contribution in [0.25, 0.3) is 0 Å². The molecule has 2 aliphatic carbocycles. The van der Waals surface area contributed by atoms with Gasteiger partial charge in [-0.05, 0) is 46.3 Å². The third-order valence-corrected chi connectivity index (χ3v) is 13.0. The van der Waals surface area contributed by atoms with Gasteiger partial charge in [0.1, 0.15) is 0 Å². The summed E-state index contributed by atoms with van der Waals surface area (Å²) in [5.41, 5.74) is 0.991. The van der Waals surface area contributed by atoms with Crippen LogP contribution in [0.15, 0.2) is 71.9 Å². The number of nitrogens with zero attached hydrogens (tertiary/aromatic N) is 2.